The van der Waals surface area contributed by atoms with E-state index < -0.39 is 19.3 Å². The van der Waals surface area contributed by atoms with Crippen LogP contribution in [0.5, 0.6) is 0 Å². The molecule has 0 bridgehead atoms. The largest absolute Gasteiger partial charge is 0.446 e. The highest BCUT2D eigenvalue weighted by Gasteiger charge is 2.47. The molecule has 2 atom stereocenters. The second-order valence-corrected chi connectivity index (χ2v) is 16.5. The van der Waals surface area contributed by atoms with Gasteiger partial charge < -0.3 is 9.16 Å². The van der Waals surface area contributed by atoms with Crippen LogP contribution in [0.1, 0.15) is 82.6 Å². The molecule has 0 spiro atoms. The third-order valence-electron chi connectivity index (χ3n) is 5.99. The van der Waals surface area contributed by atoms with E-state index >= 15 is 0 Å². The Labute approximate surface area is 181 Å². The molecule has 0 amide bonds. The van der Waals surface area contributed by atoms with E-state index in [9.17, 15) is 4.79 Å². The predicted octanol–water partition coefficient (Wildman–Crippen LogP) is 6.74. The van der Waals surface area contributed by atoms with Crippen molar-refractivity contribution in [1.82, 2.24) is 0 Å². The van der Waals surface area contributed by atoms with Crippen molar-refractivity contribution in [2.24, 2.45) is 17.3 Å². The Bertz CT molecular complexity index is 619. The number of rotatable bonds is 8. The van der Waals surface area contributed by atoms with Gasteiger partial charge in [0.25, 0.3) is 0 Å². The first-order valence-electron chi connectivity index (χ1n) is 11.2. The lowest BCUT2D eigenvalue weighted by Gasteiger charge is -2.42. The molecule has 0 unspecified atom stereocenters. The molecule has 29 heavy (non-hydrogen) atoms. The van der Waals surface area contributed by atoms with E-state index in [-0.39, 0.29) is 5.97 Å². The number of allylic oxidation sites excluding steroid dienone is 2. The molecule has 0 radical (unpaired) electrons. The van der Waals surface area contributed by atoms with Gasteiger partial charge in [0, 0.05) is 6.61 Å². The van der Waals surface area contributed by atoms with Gasteiger partial charge in [-0.3, -0.25) is 4.79 Å². The summed E-state index contributed by atoms with van der Waals surface area (Å²) >= 11 is 0. The summed E-state index contributed by atoms with van der Waals surface area (Å²) in [6.45, 7) is 24.1. The molecule has 3 nitrogen and oxygen atoms in total. The standard InChI is InChI=1S/C25H44O3Si/c1-18(2)29(19(3)4,20(5)6)27-17-22-16-21(22)14-12-13-15-25(10,11)28-23(26)24(7,8)9/h12,14,18-22H,16-17H2,1-11H3/b14-12+/t21-,22+/m0/s1. The minimum absolute atomic E-state index is 0.228. The molecule has 0 aromatic rings. The Hall–Kier alpha value is -1.05. The maximum Gasteiger partial charge on any atom is 0.312 e. The molecule has 0 N–H and O–H groups in total. The summed E-state index contributed by atoms with van der Waals surface area (Å²) in [6.07, 6.45) is 5.28. The Morgan fingerprint density at radius 3 is 2.00 bits per heavy atom. The maximum atomic E-state index is 12.1. The molecule has 0 saturated heterocycles. The summed E-state index contributed by atoms with van der Waals surface area (Å²) < 4.78 is 12.2. The van der Waals surface area contributed by atoms with Gasteiger partial charge in [0.05, 0.1) is 5.41 Å². The van der Waals surface area contributed by atoms with E-state index in [1.54, 1.807) is 0 Å². The number of hydrogen-bond donors (Lipinski definition) is 0. The highest BCUT2D eigenvalue weighted by Crippen LogP contribution is 2.46. The molecule has 1 saturated carbocycles. The highest BCUT2D eigenvalue weighted by molar-refractivity contribution is 6.77. The second-order valence-electron chi connectivity index (χ2n) is 11.1. The van der Waals surface area contributed by atoms with Crippen molar-refractivity contribution in [2.45, 2.75) is 105 Å². The smallest absolute Gasteiger partial charge is 0.312 e. The van der Waals surface area contributed by atoms with Gasteiger partial charge in [0.2, 0.25) is 0 Å². The van der Waals surface area contributed by atoms with Gasteiger partial charge in [-0.2, -0.15) is 0 Å². The van der Waals surface area contributed by atoms with Crippen molar-refractivity contribution in [1.29, 1.82) is 0 Å². The van der Waals surface area contributed by atoms with Crippen molar-refractivity contribution < 1.29 is 14.0 Å². The molecule has 0 aromatic heterocycles. The number of esters is 1. The zero-order valence-electron chi connectivity index (χ0n) is 20.7. The molecule has 0 aliphatic heterocycles. The van der Waals surface area contributed by atoms with Gasteiger partial charge in [-0.05, 0) is 75.6 Å². The SMILES string of the molecule is CC(C)[Si](OC[C@H]1C[C@@H]1/C=C/C#CC(C)(C)OC(=O)C(C)(C)C)(C(C)C)C(C)C. The average Bonchev–Trinajstić information content (AvgIpc) is 3.28. The van der Waals surface area contributed by atoms with Crippen LogP contribution in [0.2, 0.25) is 16.6 Å². The van der Waals surface area contributed by atoms with Gasteiger partial charge in [-0.25, -0.2) is 0 Å². The molecular weight excluding hydrogens is 376 g/mol. The number of hydrogen-bond acceptors (Lipinski definition) is 3. The first-order chi connectivity index (χ1) is 13.1. The Morgan fingerprint density at radius 2 is 1.55 bits per heavy atom. The Balaban J connectivity index is 2.59. The summed E-state index contributed by atoms with van der Waals surface area (Å²) in [7, 11) is -1.77. The molecule has 0 heterocycles. The van der Waals surface area contributed by atoms with Crippen LogP contribution in [0.3, 0.4) is 0 Å². The van der Waals surface area contributed by atoms with E-state index in [4.69, 9.17) is 9.16 Å². The normalized spacial score (nSPS) is 20.3. The zero-order chi connectivity index (χ0) is 22.6. The van der Waals surface area contributed by atoms with Crippen LogP contribution in [0.25, 0.3) is 0 Å². The van der Waals surface area contributed by atoms with Crippen molar-refractivity contribution in [3.8, 4) is 11.8 Å². The van der Waals surface area contributed by atoms with Crippen LogP contribution in [0.4, 0.5) is 0 Å². The third-order valence-corrected chi connectivity index (χ3v) is 12.1. The van der Waals surface area contributed by atoms with E-state index in [0.29, 0.717) is 28.5 Å². The number of carbonyl (C=O) groups excluding carboxylic acids is 1. The molecular formula is C25H44O3Si. The van der Waals surface area contributed by atoms with Crippen LogP contribution in [0, 0.1) is 29.1 Å². The first kappa shape index (κ1) is 26.0. The van der Waals surface area contributed by atoms with Crippen LogP contribution < -0.4 is 0 Å². The van der Waals surface area contributed by atoms with Gasteiger partial charge in [-0.1, -0.05) is 59.5 Å². The molecule has 1 fully saturated rings. The Kier molecular flexibility index (Phi) is 8.81. The lowest BCUT2D eigenvalue weighted by atomic mass is 9.97. The fourth-order valence-electron chi connectivity index (χ4n) is 4.25. The molecule has 1 aliphatic rings. The summed E-state index contributed by atoms with van der Waals surface area (Å²) in [4.78, 5) is 12.1. The Morgan fingerprint density at radius 1 is 1.03 bits per heavy atom. The number of carbonyl (C=O) groups is 1. The molecule has 0 aromatic carbocycles. The lowest BCUT2D eigenvalue weighted by molar-refractivity contribution is -0.161. The van der Waals surface area contributed by atoms with Crippen LogP contribution >= 0.6 is 0 Å². The topological polar surface area (TPSA) is 35.5 Å². The average molecular weight is 421 g/mol. The minimum atomic E-state index is -1.77. The first-order valence-corrected chi connectivity index (χ1v) is 13.3. The zero-order valence-corrected chi connectivity index (χ0v) is 21.7. The fraction of sp³-hybridized carbons (Fsp3) is 0.800. The third kappa shape index (κ3) is 7.29. The second kappa shape index (κ2) is 9.84. The van der Waals surface area contributed by atoms with Gasteiger partial charge in [-0.15, -0.1) is 0 Å². The molecule has 1 aliphatic carbocycles. The summed E-state index contributed by atoms with van der Waals surface area (Å²) in [5.41, 5.74) is 0.575. The lowest BCUT2D eigenvalue weighted by Crippen LogP contribution is -2.48. The van der Waals surface area contributed by atoms with E-state index in [0.717, 1.165) is 6.61 Å². The van der Waals surface area contributed by atoms with Crippen molar-refractivity contribution in [3.05, 3.63) is 12.2 Å². The molecule has 4 heteroatoms. The summed E-state index contributed by atoms with van der Waals surface area (Å²) in [5, 5.41) is 0. The van der Waals surface area contributed by atoms with Crippen LogP contribution in [0.15, 0.2) is 12.2 Å². The fourth-order valence-corrected chi connectivity index (χ4v) is 9.75. The highest BCUT2D eigenvalue weighted by atomic mass is 28.4. The van der Waals surface area contributed by atoms with Crippen LogP contribution in [-0.2, 0) is 14.0 Å². The van der Waals surface area contributed by atoms with Gasteiger partial charge in [0.15, 0.2) is 13.9 Å². The maximum absolute atomic E-state index is 12.1. The number of ether oxygens (including phenoxy) is 1. The predicted molar refractivity (Wildman–Crippen MR) is 125 cm³/mol. The molecule has 1 rings (SSSR count). The van der Waals surface area contributed by atoms with Crippen LogP contribution in [-0.4, -0.2) is 26.5 Å². The van der Waals surface area contributed by atoms with Crippen molar-refractivity contribution >= 4 is 14.3 Å². The monoisotopic (exact) mass is 420 g/mol. The minimum Gasteiger partial charge on any atom is -0.446 e. The van der Waals surface area contributed by atoms with E-state index in [1.807, 2.05) is 40.7 Å². The van der Waals surface area contributed by atoms with Crippen molar-refractivity contribution in [3.63, 3.8) is 0 Å². The summed E-state index contributed by atoms with van der Waals surface area (Å²) in [5.74, 6) is 7.06. The van der Waals surface area contributed by atoms with E-state index in [1.165, 1.54) is 6.42 Å². The van der Waals surface area contributed by atoms with Gasteiger partial charge in [0.1, 0.15) is 0 Å². The summed E-state index contributed by atoms with van der Waals surface area (Å²) in [6, 6.07) is 0. The quantitative estimate of drug-likeness (QED) is 0.248. The molecule has 166 valence electrons. The van der Waals surface area contributed by atoms with E-state index in [2.05, 4.69) is 59.5 Å². The van der Waals surface area contributed by atoms with Crippen molar-refractivity contribution in [2.75, 3.05) is 6.61 Å². The van der Waals surface area contributed by atoms with Gasteiger partial charge >= 0.3 is 5.97 Å².